The Morgan fingerprint density at radius 2 is 2.11 bits per heavy atom. The Kier molecular flexibility index (Phi) is 4.18. The molecule has 0 aliphatic carbocycles. The Labute approximate surface area is 110 Å². The molecule has 19 heavy (non-hydrogen) atoms. The second-order valence-corrected chi connectivity index (χ2v) is 4.18. The molecule has 0 radical (unpaired) electrons. The molecule has 0 fully saturated rings. The van der Waals surface area contributed by atoms with Crippen LogP contribution >= 0.6 is 0 Å². The van der Waals surface area contributed by atoms with Crippen molar-refractivity contribution in [3.05, 3.63) is 47.7 Å². The van der Waals surface area contributed by atoms with Crippen LogP contribution in [0.15, 0.2) is 34.9 Å². The molecule has 0 bridgehead atoms. The molecule has 5 heteroatoms. The van der Waals surface area contributed by atoms with Crippen LogP contribution in [0.1, 0.15) is 23.6 Å². The van der Waals surface area contributed by atoms with Crippen molar-refractivity contribution in [2.45, 2.75) is 26.4 Å². The molecule has 1 heterocycles. The predicted molar refractivity (Wildman–Crippen MR) is 68.0 cm³/mol. The van der Waals surface area contributed by atoms with Crippen molar-refractivity contribution >= 4 is 5.97 Å². The lowest BCUT2D eigenvalue weighted by Crippen LogP contribution is -1.98. The number of oxazole rings is 1. The van der Waals surface area contributed by atoms with Crippen LogP contribution in [0.5, 0.6) is 5.75 Å². The normalized spacial score (nSPS) is 10.4. The number of hydrogen-bond acceptors (Lipinski definition) is 4. The van der Waals surface area contributed by atoms with Crippen molar-refractivity contribution in [3.63, 3.8) is 0 Å². The van der Waals surface area contributed by atoms with Crippen LogP contribution < -0.4 is 4.74 Å². The van der Waals surface area contributed by atoms with Crippen LogP contribution in [-0.4, -0.2) is 16.1 Å². The molecule has 5 nitrogen and oxygen atoms in total. The van der Waals surface area contributed by atoms with E-state index in [0.717, 1.165) is 17.0 Å². The average Bonchev–Trinajstić information content (AvgIpc) is 2.81. The van der Waals surface area contributed by atoms with Gasteiger partial charge in [0.1, 0.15) is 24.3 Å². The van der Waals surface area contributed by atoms with Gasteiger partial charge in [0.15, 0.2) is 5.89 Å². The zero-order valence-electron chi connectivity index (χ0n) is 10.6. The van der Waals surface area contributed by atoms with E-state index in [4.69, 9.17) is 14.3 Å². The summed E-state index contributed by atoms with van der Waals surface area (Å²) < 4.78 is 10.6. The first kappa shape index (κ1) is 13.1. The molecule has 1 N–H and O–H groups in total. The van der Waals surface area contributed by atoms with Crippen LogP contribution in [0, 0.1) is 6.92 Å². The van der Waals surface area contributed by atoms with E-state index in [-0.39, 0.29) is 6.42 Å². The molecular formula is C14H15NO4. The zero-order valence-corrected chi connectivity index (χ0v) is 10.6. The Morgan fingerprint density at radius 1 is 1.37 bits per heavy atom. The van der Waals surface area contributed by atoms with Crippen molar-refractivity contribution in [3.8, 4) is 5.75 Å². The number of hydrogen-bond donors (Lipinski definition) is 1. The van der Waals surface area contributed by atoms with E-state index >= 15 is 0 Å². The molecule has 0 aliphatic rings. The molecule has 0 amide bonds. The second kappa shape index (κ2) is 6.04. The molecule has 0 atom stereocenters. The first-order chi connectivity index (χ1) is 9.13. The number of benzene rings is 1. The summed E-state index contributed by atoms with van der Waals surface area (Å²) in [5.74, 6) is 0.545. The van der Waals surface area contributed by atoms with Gasteiger partial charge in [-0.3, -0.25) is 4.79 Å². The van der Waals surface area contributed by atoms with Gasteiger partial charge in [-0.1, -0.05) is 12.1 Å². The fraction of sp³-hybridized carbons (Fsp3) is 0.286. The van der Waals surface area contributed by atoms with Crippen molar-refractivity contribution in [1.29, 1.82) is 0 Å². The quantitative estimate of drug-likeness (QED) is 0.865. The van der Waals surface area contributed by atoms with Crippen LogP contribution in [0.3, 0.4) is 0 Å². The highest BCUT2D eigenvalue weighted by Crippen LogP contribution is 2.15. The minimum atomic E-state index is -0.790. The first-order valence-electron chi connectivity index (χ1n) is 5.98. The molecule has 1 aromatic carbocycles. The molecule has 0 aliphatic heterocycles. The van der Waals surface area contributed by atoms with Crippen LogP contribution in [0.2, 0.25) is 0 Å². The molecule has 2 aromatic rings. The predicted octanol–water partition coefficient (Wildman–Crippen LogP) is 2.58. The van der Waals surface area contributed by atoms with Crippen molar-refractivity contribution in [2.24, 2.45) is 0 Å². The van der Waals surface area contributed by atoms with Crippen LogP contribution in [-0.2, 0) is 17.8 Å². The zero-order chi connectivity index (χ0) is 13.7. The molecule has 0 unspecified atom stereocenters. The molecule has 0 saturated carbocycles. The summed E-state index contributed by atoms with van der Waals surface area (Å²) in [5, 5.41) is 8.60. The third kappa shape index (κ3) is 4.13. The van der Waals surface area contributed by atoms with E-state index in [9.17, 15) is 4.79 Å². The van der Waals surface area contributed by atoms with Crippen LogP contribution in [0.25, 0.3) is 0 Å². The number of carboxylic acids is 1. The maximum atomic E-state index is 10.5. The monoisotopic (exact) mass is 261 g/mol. The standard InChI is InChI=1S/C14H15NO4/c1-10-15-12(8-18-10)9-19-13-5-2-11(3-6-13)4-7-14(16)17/h2-3,5-6,8H,4,7,9H2,1H3,(H,16,17). The summed E-state index contributed by atoms with van der Waals surface area (Å²) in [5.41, 5.74) is 1.72. The summed E-state index contributed by atoms with van der Waals surface area (Å²) in [6, 6.07) is 7.38. The minimum Gasteiger partial charge on any atom is -0.487 e. The Balaban J connectivity index is 1.86. The van der Waals surface area contributed by atoms with E-state index in [1.54, 1.807) is 13.2 Å². The lowest BCUT2D eigenvalue weighted by molar-refractivity contribution is -0.136. The van der Waals surface area contributed by atoms with Crippen molar-refractivity contribution in [1.82, 2.24) is 4.98 Å². The number of carbonyl (C=O) groups is 1. The largest absolute Gasteiger partial charge is 0.487 e. The minimum absolute atomic E-state index is 0.137. The van der Waals surface area contributed by atoms with E-state index in [1.165, 1.54) is 0 Å². The van der Waals surface area contributed by atoms with Gasteiger partial charge >= 0.3 is 5.97 Å². The number of nitrogens with zero attached hydrogens (tertiary/aromatic N) is 1. The molecular weight excluding hydrogens is 246 g/mol. The van der Waals surface area contributed by atoms with Gasteiger partial charge in [0.05, 0.1) is 0 Å². The summed E-state index contributed by atoms with van der Waals surface area (Å²) >= 11 is 0. The summed E-state index contributed by atoms with van der Waals surface area (Å²) in [6.07, 6.45) is 2.23. The van der Waals surface area contributed by atoms with E-state index in [2.05, 4.69) is 4.98 Å². The van der Waals surface area contributed by atoms with Crippen molar-refractivity contribution in [2.75, 3.05) is 0 Å². The third-order valence-electron chi connectivity index (χ3n) is 2.60. The molecule has 0 spiro atoms. The fourth-order valence-electron chi connectivity index (χ4n) is 1.64. The lowest BCUT2D eigenvalue weighted by Gasteiger charge is -2.05. The molecule has 0 saturated heterocycles. The highest BCUT2D eigenvalue weighted by atomic mass is 16.5. The van der Waals surface area contributed by atoms with Gasteiger partial charge in [0, 0.05) is 13.3 Å². The number of aromatic nitrogens is 1. The fourth-order valence-corrected chi connectivity index (χ4v) is 1.64. The van der Waals surface area contributed by atoms with E-state index < -0.39 is 5.97 Å². The third-order valence-corrected chi connectivity index (χ3v) is 2.60. The van der Waals surface area contributed by atoms with Gasteiger partial charge in [0.2, 0.25) is 0 Å². The highest BCUT2D eigenvalue weighted by Gasteiger charge is 2.02. The SMILES string of the molecule is Cc1nc(COc2ccc(CCC(=O)O)cc2)co1. The number of aliphatic carboxylic acids is 1. The van der Waals surface area contributed by atoms with Gasteiger partial charge < -0.3 is 14.3 Å². The van der Waals surface area contributed by atoms with Crippen LogP contribution in [0.4, 0.5) is 0 Å². The topological polar surface area (TPSA) is 72.6 Å². The van der Waals surface area contributed by atoms with Gasteiger partial charge in [-0.25, -0.2) is 4.98 Å². The maximum Gasteiger partial charge on any atom is 0.303 e. The highest BCUT2D eigenvalue weighted by molar-refractivity contribution is 5.67. The Bertz CT molecular complexity index is 545. The molecule has 1 aromatic heterocycles. The van der Waals surface area contributed by atoms with Gasteiger partial charge in [-0.15, -0.1) is 0 Å². The van der Waals surface area contributed by atoms with Gasteiger partial charge in [-0.05, 0) is 24.1 Å². The van der Waals surface area contributed by atoms with Crippen molar-refractivity contribution < 1.29 is 19.1 Å². The summed E-state index contributed by atoms with van der Waals surface area (Å²) in [6.45, 7) is 2.13. The smallest absolute Gasteiger partial charge is 0.303 e. The van der Waals surface area contributed by atoms with E-state index in [0.29, 0.717) is 18.9 Å². The summed E-state index contributed by atoms with van der Waals surface area (Å²) in [7, 11) is 0. The second-order valence-electron chi connectivity index (χ2n) is 4.18. The number of rotatable bonds is 6. The number of aryl methyl sites for hydroxylation is 2. The number of carboxylic acid groups (broad SMARTS) is 1. The maximum absolute atomic E-state index is 10.5. The first-order valence-corrected chi connectivity index (χ1v) is 5.98. The number of ether oxygens (including phenoxy) is 1. The summed E-state index contributed by atoms with van der Waals surface area (Å²) in [4.78, 5) is 14.6. The lowest BCUT2D eigenvalue weighted by atomic mass is 10.1. The molecule has 2 rings (SSSR count). The Hall–Kier alpha value is -2.30. The van der Waals surface area contributed by atoms with Gasteiger partial charge in [0.25, 0.3) is 0 Å². The molecule has 100 valence electrons. The Morgan fingerprint density at radius 3 is 2.68 bits per heavy atom. The average molecular weight is 261 g/mol. The van der Waals surface area contributed by atoms with Gasteiger partial charge in [-0.2, -0.15) is 0 Å². The van der Waals surface area contributed by atoms with E-state index in [1.807, 2.05) is 24.3 Å².